The number of rotatable bonds is 5. The highest BCUT2D eigenvalue weighted by molar-refractivity contribution is 6.05. The molecule has 0 atom stereocenters. The molecule has 0 aliphatic carbocycles. The summed E-state index contributed by atoms with van der Waals surface area (Å²) in [4.78, 5) is 37.5. The van der Waals surface area contributed by atoms with Crippen LogP contribution < -0.4 is 15.0 Å². The van der Waals surface area contributed by atoms with Crippen LogP contribution in [0.1, 0.15) is 26.3 Å². The molecule has 30 heavy (non-hydrogen) atoms. The summed E-state index contributed by atoms with van der Waals surface area (Å²) in [5.74, 6) is -0.878. The maximum Gasteiger partial charge on any atom is 0.335 e. The van der Waals surface area contributed by atoms with Crippen LogP contribution in [-0.4, -0.2) is 29.5 Å². The number of aromatic carboxylic acids is 1. The number of hydrogen-bond acceptors (Lipinski definition) is 4. The highest BCUT2D eigenvalue weighted by atomic mass is 16.5. The van der Waals surface area contributed by atoms with Gasteiger partial charge >= 0.3 is 5.97 Å². The Balaban J connectivity index is 1.47. The Morgan fingerprint density at radius 3 is 2.50 bits per heavy atom. The third-order valence-electron chi connectivity index (χ3n) is 4.73. The number of carboxylic acid groups (broad SMARTS) is 1. The normalized spacial score (nSPS) is 12.7. The van der Waals surface area contributed by atoms with E-state index in [-0.39, 0.29) is 24.0 Å². The molecule has 7 nitrogen and oxygen atoms in total. The zero-order valence-corrected chi connectivity index (χ0v) is 15.9. The van der Waals surface area contributed by atoms with Gasteiger partial charge in [-0.25, -0.2) is 4.79 Å². The summed E-state index contributed by atoms with van der Waals surface area (Å²) < 4.78 is 5.45. The van der Waals surface area contributed by atoms with Crippen molar-refractivity contribution >= 4 is 29.2 Å². The molecule has 0 radical (unpaired) electrons. The summed E-state index contributed by atoms with van der Waals surface area (Å²) in [6.45, 7) is 0.356. The topological polar surface area (TPSA) is 95.9 Å². The third-order valence-corrected chi connectivity index (χ3v) is 4.73. The van der Waals surface area contributed by atoms with E-state index in [0.717, 1.165) is 5.56 Å². The fourth-order valence-electron chi connectivity index (χ4n) is 3.20. The molecule has 2 N–H and O–H groups in total. The molecule has 2 amide bonds. The summed E-state index contributed by atoms with van der Waals surface area (Å²) in [5, 5.41) is 11.7. The number of ether oxygens (including phenoxy) is 1. The van der Waals surface area contributed by atoms with Gasteiger partial charge in [0.25, 0.3) is 11.8 Å². The van der Waals surface area contributed by atoms with E-state index in [1.807, 2.05) is 24.3 Å². The van der Waals surface area contributed by atoms with Crippen molar-refractivity contribution < 1.29 is 24.2 Å². The second-order valence-electron chi connectivity index (χ2n) is 6.77. The lowest BCUT2D eigenvalue weighted by molar-refractivity contribution is -0.121. The molecule has 3 aromatic rings. The molecule has 0 fully saturated rings. The van der Waals surface area contributed by atoms with Crippen LogP contribution in [0.3, 0.4) is 0 Å². The van der Waals surface area contributed by atoms with E-state index in [4.69, 9.17) is 9.84 Å². The molecule has 1 aliphatic heterocycles. The average Bonchev–Trinajstić information content (AvgIpc) is 2.76. The van der Waals surface area contributed by atoms with Crippen molar-refractivity contribution in [3.8, 4) is 5.75 Å². The van der Waals surface area contributed by atoms with Crippen LogP contribution in [0.15, 0.2) is 72.8 Å². The van der Waals surface area contributed by atoms with Crippen molar-refractivity contribution in [3.05, 3.63) is 89.5 Å². The zero-order valence-electron chi connectivity index (χ0n) is 15.9. The van der Waals surface area contributed by atoms with Crippen LogP contribution in [0.2, 0.25) is 0 Å². The van der Waals surface area contributed by atoms with Gasteiger partial charge in [0.2, 0.25) is 0 Å². The molecule has 0 saturated heterocycles. The summed E-state index contributed by atoms with van der Waals surface area (Å²) in [6.07, 6.45) is 0. The molecule has 1 heterocycles. The molecular formula is C23H18N2O5. The van der Waals surface area contributed by atoms with Gasteiger partial charge in [-0.05, 0) is 48.0 Å². The van der Waals surface area contributed by atoms with Crippen LogP contribution in [-0.2, 0) is 11.3 Å². The SMILES string of the molecule is O=C(O)c1cccc(NC(=O)c2ccc(CN3C(=O)COc4ccccc43)cc2)c1. The maximum atomic E-state index is 12.5. The minimum Gasteiger partial charge on any atom is -0.482 e. The van der Waals surface area contributed by atoms with E-state index in [1.54, 1.807) is 41.3 Å². The van der Waals surface area contributed by atoms with E-state index in [2.05, 4.69) is 5.32 Å². The average molecular weight is 402 g/mol. The number of benzene rings is 3. The van der Waals surface area contributed by atoms with Gasteiger partial charge in [-0.2, -0.15) is 0 Å². The van der Waals surface area contributed by atoms with Gasteiger partial charge in [-0.1, -0.05) is 30.3 Å². The van der Waals surface area contributed by atoms with Gasteiger partial charge in [0.1, 0.15) is 5.75 Å². The summed E-state index contributed by atoms with van der Waals surface area (Å²) in [7, 11) is 0. The van der Waals surface area contributed by atoms with Gasteiger partial charge in [-0.3, -0.25) is 9.59 Å². The van der Waals surface area contributed by atoms with Crippen LogP contribution in [0, 0.1) is 0 Å². The molecule has 150 valence electrons. The number of nitrogens with zero attached hydrogens (tertiary/aromatic N) is 1. The van der Waals surface area contributed by atoms with Gasteiger partial charge < -0.3 is 20.1 Å². The van der Waals surface area contributed by atoms with Crippen LogP contribution >= 0.6 is 0 Å². The molecule has 0 spiro atoms. The molecule has 0 saturated carbocycles. The number of fused-ring (bicyclic) bond motifs is 1. The fourth-order valence-corrected chi connectivity index (χ4v) is 3.20. The van der Waals surface area contributed by atoms with E-state index >= 15 is 0 Å². The Morgan fingerprint density at radius 1 is 0.967 bits per heavy atom. The first kappa shape index (κ1) is 19.2. The predicted octanol–water partition coefficient (Wildman–Crippen LogP) is 3.56. The fraction of sp³-hybridized carbons (Fsp3) is 0.0870. The third kappa shape index (κ3) is 4.00. The Morgan fingerprint density at radius 2 is 1.73 bits per heavy atom. The van der Waals surface area contributed by atoms with Crippen LogP contribution in [0.5, 0.6) is 5.75 Å². The number of hydrogen-bond donors (Lipinski definition) is 2. The lowest BCUT2D eigenvalue weighted by atomic mass is 10.1. The number of amides is 2. The van der Waals surface area contributed by atoms with Crippen LogP contribution in [0.25, 0.3) is 0 Å². The first-order valence-corrected chi connectivity index (χ1v) is 9.27. The largest absolute Gasteiger partial charge is 0.482 e. The number of carboxylic acids is 1. The molecular weight excluding hydrogens is 384 g/mol. The van der Waals surface area contributed by atoms with Crippen molar-refractivity contribution in [3.63, 3.8) is 0 Å². The molecule has 4 rings (SSSR count). The minimum atomic E-state index is -1.06. The molecule has 0 bridgehead atoms. The van der Waals surface area contributed by atoms with Crippen molar-refractivity contribution in [2.24, 2.45) is 0 Å². The second kappa shape index (κ2) is 8.08. The monoisotopic (exact) mass is 402 g/mol. The van der Waals surface area contributed by atoms with Crippen molar-refractivity contribution in [2.45, 2.75) is 6.54 Å². The molecule has 1 aliphatic rings. The number of carbonyl (C=O) groups is 3. The first-order chi connectivity index (χ1) is 14.5. The maximum absolute atomic E-state index is 12.5. The molecule has 7 heteroatoms. The number of carbonyl (C=O) groups excluding carboxylic acids is 2. The minimum absolute atomic E-state index is 0.00703. The summed E-state index contributed by atoms with van der Waals surface area (Å²) >= 11 is 0. The van der Waals surface area contributed by atoms with Gasteiger partial charge in [-0.15, -0.1) is 0 Å². The molecule has 0 unspecified atom stereocenters. The van der Waals surface area contributed by atoms with Crippen LogP contribution in [0.4, 0.5) is 11.4 Å². The van der Waals surface area contributed by atoms with E-state index in [9.17, 15) is 14.4 Å². The number of anilines is 2. The van der Waals surface area contributed by atoms with Gasteiger partial charge in [0.05, 0.1) is 17.8 Å². The van der Waals surface area contributed by atoms with Gasteiger partial charge in [0, 0.05) is 11.3 Å². The lowest BCUT2D eigenvalue weighted by Gasteiger charge is -2.29. The van der Waals surface area contributed by atoms with E-state index in [1.165, 1.54) is 12.1 Å². The Hall–Kier alpha value is -4.13. The van der Waals surface area contributed by atoms with Crippen molar-refractivity contribution in [1.82, 2.24) is 0 Å². The Labute approximate surface area is 172 Å². The van der Waals surface area contributed by atoms with E-state index < -0.39 is 5.97 Å². The highest BCUT2D eigenvalue weighted by Gasteiger charge is 2.25. The quantitative estimate of drug-likeness (QED) is 0.680. The predicted molar refractivity (Wildman–Crippen MR) is 111 cm³/mol. The molecule has 3 aromatic carbocycles. The number of nitrogens with one attached hydrogen (secondary N) is 1. The molecule has 0 aromatic heterocycles. The highest BCUT2D eigenvalue weighted by Crippen LogP contribution is 2.32. The summed E-state index contributed by atoms with van der Waals surface area (Å²) in [5.41, 5.74) is 2.50. The zero-order chi connectivity index (χ0) is 21.1. The number of para-hydroxylation sites is 2. The Bertz CT molecular complexity index is 1120. The standard InChI is InChI=1S/C23H18N2O5/c26-21-14-30-20-7-2-1-6-19(20)25(21)13-15-8-10-16(11-9-15)22(27)24-18-5-3-4-17(12-18)23(28)29/h1-12H,13-14H2,(H,24,27)(H,28,29). The smallest absolute Gasteiger partial charge is 0.335 e. The van der Waals surface area contributed by atoms with E-state index in [0.29, 0.717) is 29.2 Å². The van der Waals surface area contributed by atoms with Crippen molar-refractivity contribution in [2.75, 3.05) is 16.8 Å². The second-order valence-corrected chi connectivity index (χ2v) is 6.77. The van der Waals surface area contributed by atoms with Crippen molar-refractivity contribution in [1.29, 1.82) is 0 Å². The summed E-state index contributed by atoms with van der Waals surface area (Å²) in [6, 6.07) is 20.3. The Kier molecular flexibility index (Phi) is 5.17. The lowest BCUT2D eigenvalue weighted by Crippen LogP contribution is -2.38. The first-order valence-electron chi connectivity index (χ1n) is 9.27. The van der Waals surface area contributed by atoms with Gasteiger partial charge in [0.15, 0.2) is 6.61 Å².